The SMILES string of the molecule is O=Cc1cccc(-c2cc(C(F)(F)F)[nH]n2)c1. The van der Waals surface area contributed by atoms with E-state index in [9.17, 15) is 18.0 Å². The fourth-order valence-electron chi connectivity index (χ4n) is 1.39. The first-order valence-corrected chi connectivity index (χ1v) is 4.69. The van der Waals surface area contributed by atoms with Crippen molar-refractivity contribution in [3.05, 3.63) is 41.6 Å². The molecule has 0 aliphatic heterocycles. The smallest absolute Gasteiger partial charge is 0.298 e. The Labute approximate surface area is 94.3 Å². The van der Waals surface area contributed by atoms with Crippen LogP contribution in [0.2, 0.25) is 0 Å². The minimum Gasteiger partial charge on any atom is -0.298 e. The highest BCUT2D eigenvalue weighted by molar-refractivity contribution is 5.78. The van der Waals surface area contributed by atoms with Gasteiger partial charge in [-0.05, 0) is 12.1 Å². The quantitative estimate of drug-likeness (QED) is 0.820. The second-order valence-corrected chi connectivity index (χ2v) is 3.41. The van der Waals surface area contributed by atoms with Crippen LogP contribution < -0.4 is 0 Å². The molecule has 0 aliphatic rings. The summed E-state index contributed by atoms with van der Waals surface area (Å²) in [5.74, 6) is 0. The van der Waals surface area contributed by atoms with Crippen LogP contribution in [0, 0.1) is 0 Å². The van der Waals surface area contributed by atoms with Gasteiger partial charge in [-0.25, -0.2) is 0 Å². The number of rotatable bonds is 2. The summed E-state index contributed by atoms with van der Waals surface area (Å²) >= 11 is 0. The molecule has 0 saturated carbocycles. The number of halogens is 3. The Balaban J connectivity index is 2.40. The average molecular weight is 240 g/mol. The summed E-state index contributed by atoms with van der Waals surface area (Å²) in [6.07, 6.45) is -3.83. The predicted molar refractivity (Wildman–Crippen MR) is 54.4 cm³/mol. The van der Waals surface area contributed by atoms with Crippen LogP contribution in [0.4, 0.5) is 13.2 Å². The Hall–Kier alpha value is -2.11. The van der Waals surface area contributed by atoms with E-state index in [2.05, 4.69) is 5.10 Å². The van der Waals surface area contributed by atoms with Crippen molar-refractivity contribution in [2.24, 2.45) is 0 Å². The lowest BCUT2D eigenvalue weighted by atomic mass is 10.1. The molecule has 6 heteroatoms. The summed E-state index contributed by atoms with van der Waals surface area (Å²) in [5, 5.41) is 5.49. The molecule has 3 nitrogen and oxygen atoms in total. The van der Waals surface area contributed by atoms with Crippen molar-refractivity contribution in [3.63, 3.8) is 0 Å². The van der Waals surface area contributed by atoms with E-state index in [1.807, 2.05) is 5.10 Å². The van der Waals surface area contributed by atoms with Gasteiger partial charge in [-0.2, -0.15) is 18.3 Å². The van der Waals surface area contributed by atoms with Crippen molar-refractivity contribution in [1.29, 1.82) is 0 Å². The van der Waals surface area contributed by atoms with E-state index in [4.69, 9.17) is 0 Å². The molecule has 2 rings (SSSR count). The lowest BCUT2D eigenvalue weighted by Crippen LogP contribution is -2.04. The van der Waals surface area contributed by atoms with Gasteiger partial charge in [-0.3, -0.25) is 9.89 Å². The minimum atomic E-state index is -4.45. The van der Waals surface area contributed by atoms with Crippen LogP contribution in [0.1, 0.15) is 16.1 Å². The molecule has 17 heavy (non-hydrogen) atoms. The van der Waals surface area contributed by atoms with E-state index < -0.39 is 11.9 Å². The van der Waals surface area contributed by atoms with Gasteiger partial charge in [0.05, 0.1) is 5.69 Å². The summed E-state index contributed by atoms with van der Waals surface area (Å²) in [7, 11) is 0. The number of aromatic amines is 1. The molecule has 88 valence electrons. The number of aromatic nitrogens is 2. The Morgan fingerprint density at radius 2 is 2.00 bits per heavy atom. The van der Waals surface area contributed by atoms with Crippen LogP contribution in [-0.4, -0.2) is 16.5 Å². The number of hydrogen-bond donors (Lipinski definition) is 1. The first kappa shape index (κ1) is 11.4. The first-order chi connectivity index (χ1) is 8.00. The van der Waals surface area contributed by atoms with Crippen LogP contribution in [0.3, 0.4) is 0 Å². The molecule has 1 heterocycles. The highest BCUT2D eigenvalue weighted by atomic mass is 19.4. The van der Waals surface area contributed by atoms with E-state index in [0.29, 0.717) is 17.4 Å². The summed E-state index contributed by atoms with van der Waals surface area (Å²) < 4.78 is 37.0. The third kappa shape index (κ3) is 2.35. The van der Waals surface area contributed by atoms with Crippen molar-refractivity contribution in [3.8, 4) is 11.3 Å². The monoisotopic (exact) mass is 240 g/mol. The maximum absolute atomic E-state index is 12.3. The van der Waals surface area contributed by atoms with E-state index >= 15 is 0 Å². The number of nitrogens with one attached hydrogen (secondary N) is 1. The first-order valence-electron chi connectivity index (χ1n) is 4.69. The normalized spacial score (nSPS) is 11.5. The zero-order chi connectivity index (χ0) is 12.5. The fourth-order valence-corrected chi connectivity index (χ4v) is 1.39. The van der Waals surface area contributed by atoms with Crippen LogP contribution in [0.25, 0.3) is 11.3 Å². The van der Waals surface area contributed by atoms with Gasteiger partial charge in [0.15, 0.2) is 0 Å². The van der Waals surface area contributed by atoms with Crippen LogP contribution in [0.15, 0.2) is 30.3 Å². The van der Waals surface area contributed by atoms with E-state index in [0.717, 1.165) is 6.07 Å². The zero-order valence-corrected chi connectivity index (χ0v) is 8.45. The van der Waals surface area contributed by atoms with Crippen molar-refractivity contribution in [2.75, 3.05) is 0 Å². The number of nitrogens with zero attached hydrogens (tertiary/aromatic N) is 1. The Kier molecular flexibility index (Phi) is 2.71. The zero-order valence-electron chi connectivity index (χ0n) is 8.45. The number of hydrogen-bond acceptors (Lipinski definition) is 2. The second-order valence-electron chi connectivity index (χ2n) is 3.41. The molecule has 0 spiro atoms. The van der Waals surface area contributed by atoms with Gasteiger partial charge >= 0.3 is 6.18 Å². The summed E-state index contributed by atoms with van der Waals surface area (Å²) in [5.41, 5.74) is 0.0884. The molecule has 0 fully saturated rings. The van der Waals surface area contributed by atoms with Crippen molar-refractivity contribution in [2.45, 2.75) is 6.18 Å². The largest absolute Gasteiger partial charge is 0.432 e. The predicted octanol–water partition coefficient (Wildman–Crippen LogP) is 2.91. The molecule has 0 unspecified atom stereocenters. The Morgan fingerprint density at radius 3 is 2.59 bits per heavy atom. The highest BCUT2D eigenvalue weighted by Crippen LogP contribution is 2.30. The van der Waals surface area contributed by atoms with Crippen LogP contribution in [-0.2, 0) is 6.18 Å². The lowest BCUT2D eigenvalue weighted by molar-refractivity contribution is -0.141. The number of alkyl halides is 3. The molecule has 0 amide bonds. The second kappa shape index (κ2) is 4.04. The highest BCUT2D eigenvalue weighted by Gasteiger charge is 2.33. The van der Waals surface area contributed by atoms with Gasteiger partial charge < -0.3 is 0 Å². The van der Waals surface area contributed by atoms with Gasteiger partial charge in [0.2, 0.25) is 0 Å². The Morgan fingerprint density at radius 1 is 1.24 bits per heavy atom. The Bertz CT molecular complexity index is 546. The molecule has 0 aliphatic carbocycles. The van der Waals surface area contributed by atoms with Crippen molar-refractivity contribution < 1.29 is 18.0 Å². The number of carbonyl (C=O) groups excluding carboxylic acids is 1. The lowest BCUT2D eigenvalue weighted by Gasteiger charge is -2.00. The molecule has 2 aromatic rings. The maximum atomic E-state index is 12.3. The standard InChI is InChI=1S/C11H7F3N2O/c12-11(13,14)10-5-9(15-16-10)8-3-1-2-7(4-8)6-17/h1-6H,(H,15,16). The molecular weight excluding hydrogens is 233 g/mol. The summed E-state index contributed by atoms with van der Waals surface area (Å²) in [6.45, 7) is 0. The number of carbonyl (C=O) groups is 1. The molecule has 1 aromatic carbocycles. The third-order valence-electron chi connectivity index (χ3n) is 2.20. The van der Waals surface area contributed by atoms with Gasteiger partial charge in [-0.15, -0.1) is 0 Å². The summed E-state index contributed by atoms with van der Waals surface area (Å²) in [4.78, 5) is 10.5. The van der Waals surface area contributed by atoms with Crippen LogP contribution in [0.5, 0.6) is 0 Å². The molecule has 1 aromatic heterocycles. The maximum Gasteiger partial charge on any atom is 0.432 e. The van der Waals surface area contributed by atoms with Gasteiger partial charge in [-0.1, -0.05) is 18.2 Å². The molecule has 0 radical (unpaired) electrons. The number of aldehydes is 1. The minimum absolute atomic E-state index is 0.154. The van der Waals surface area contributed by atoms with E-state index in [1.165, 1.54) is 6.07 Å². The third-order valence-corrected chi connectivity index (χ3v) is 2.20. The van der Waals surface area contributed by atoms with Gasteiger partial charge in [0.1, 0.15) is 12.0 Å². The average Bonchev–Trinajstić information content (AvgIpc) is 2.78. The number of benzene rings is 1. The van der Waals surface area contributed by atoms with Crippen molar-refractivity contribution >= 4 is 6.29 Å². The van der Waals surface area contributed by atoms with E-state index in [-0.39, 0.29) is 5.69 Å². The molecule has 0 atom stereocenters. The topological polar surface area (TPSA) is 45.8 Å². The van der Waals surface area contributed by atoms with Crippen LogP contribution >= 0.6 is 0 Å². The molecule has 0 saturated heterocycles. The molecule has 0 bridgehead atoms. The van der Waals surface area contributed by atoms with E-state index in [1.54, 1.807) is 18.2 Å². The summed E-state index contributed by atoms with van der Waals surface area (Å²) in [6, 6.07) is 7.12. The van der Waals surface area contributed by atoms with Gasteiger partial charge in [0.25, 0.3) is 0 Å². The number of H-pyrrole nitrogens is 1. The fraction of sp³-hybridized carbons (Fsp3) is 0.0909. The van der Waals surface area contributed by atoms with Gasteiger partial charge in [0, 0.05) is 11.1 Å². The van der Waals surface area contributed by atoms with Crippen molar-refractivity contribution in [1.82, 2.24) is 10.2 Å². The molecule has 1 N–H and O–H groups in total. The molecular formula is C11H7F3N2O.